The maximum absolute atomic E-state index is 10.7. The summed E-state index contributed by atoms with van der Waals surface area (Å²) in [4.78, 5) is 10.7. The van der Waals surface area contributed by atoms with Crippen LogP contribution in [-0.4, -0.2) is 13.4 Å². The van der Waals surface area contributed by atoms with Crippen molar-refractivity contribution in [1.82, 2.24) is 0 Å². The van der Waals surface area contributed by atoms with E-state index in [9.17, 15) is 4.79 Å². The molecule has 0 saturated carbocycles. The molecule has 0 fully saturated rings. The molecular weight excluding hydrogens is 212 g/mol. The van der Waals surface area contributed by atoms with Gasteiger partial charge in [-0.25, -0.2) is 0 Å². The molecule has 0 aliphatic rings. The van der Waals surface area contributed by atoms with Crippen LogP contribution in [0.25, 0.3) is 5.03 Å². The van der Waals surface area contributed by atoms with Gasteiger partial charge in [-0.1, -0.05) is 18.5 Å². The first-order chi connectivity index (χ1) is 7.22. The lowest BCUT2D eigenvalue weighted by molar-refractivity contribution is -0.104. The number of methoxy groups -OCH3 is 1. The molecule has 80 valence electrons. The topological polar surface area (TPSA) is 26.3 Å². The summed E-state index contributed by atoms with van der Waals surface area (Å²) < 4.78 is 5.03. The predicted octanol–water partition coefficient (Wildman–Crippen LogP) is 3.25. The van der Waals surface area contributed by atoms with E-state index in [0.717, 1.165) is 17.6 Å². The first kappa shape index (κ1) is 11.8. The first-order valence-electron chi connectivity index (χ1n) is 4.71. The highest BCUT2D eigenvalue weighted by Gasteiger charge is 2.04. The van der Waals surface area contributed by atoms with Crippen LogP contribution in [0, 0.1) is 0 Å². The summed E-state index contributed by atoms with van der Waals surface area (Å²) in [6.45, 7) is 1.90. The molecule has 0 unspecified atom stereocenters. The van der Waals surface area contributed by atoms with E-state index < -0.39 is 0 Å². The number of hydrogen-bond acceptors (Lipinski definition) is 2. The molecule has 0 N–H and O–H groups in total. The van der Waals surface area contributed by atoms with Gasteiger partial charge in [0.05, 0.1) is 12.1 Å². The molecule has 0 aliphatic heterocycles. The SMILES string of the molecule is CC/C(C=O)=C(\Cl)c1ccc(OC)cc1. The summed E-state index contributed by atoms with van der Waals surface area (Å²) in [6, 6.07) is 7.30. The second kappa shape index (κ2) is 5.56. The number of allylic oxidation sites excluding steroid dienone is 1. The van der Waals surface area contributed by atoms with Crippen LogP contribution in [0.4, 0.5) is 0 Å². The van der Waals surface area contributed by atoms with Crippen LogP contribution in [0.1, 0.15) is 18.9 Å². The average Bonchev–Trinajstić information content (AvgIpc) is 2.30. The molecule has 1 rings (SSSR count). The number of carbonyl (C=O) groups is 1. The second-order valence-electron chi connectivity index (χ2n) is 3.04. The summed E-state index contributed by atoms with van der Waals surface area (Å²) in [6.07, 6.45) is 1.43. The van der Waals surface area contributed by atoms with Gasteiger partial charge < -0.3 is 4.74 Å². The molecule has 0 heterocycles. The Bertz CT molecular complexity index is 366. The van der Waals surface area contributed by atoms with E-state index >= 15 is 0 Å². The standard InChI is InChI=1S/C12H13ClO2/c1-3-9(8-14)12(13)10-4-6-11(15-2)7-5-10/h4-8H,3H2,1-2H3/b12-9+. The highest BCUT2D eigenvalue weighted by atomic mass is 35.5. The van der Waals surface area contributed by atoms with Crippen molar-refractivity contribution in [3.05, 3.63) is 35.4 Å². The van der Waals surface area contributed by atoms with E-state index in [1.807, 2.05) is 31.2 Å². The molecule has 0 aliphatic carbocycles. The monoisotopic (exact) mass is 224 g/mol. The van der Waals surface area contributed by atoms with Crippen LogP contribution in [0.3, 0.4) is 0 Å². The number of hydrogen-bond donors (Lipinski definition) is 0. The van der Waals surface area contributed by atoms with Gasteiger partial charge in [0.15, 0.2) is 0 Å². The van der Waals surface area contributed by atoms with E-state index in [4.69, 9.17) is 16.3 Å². The van der Waals surface area contributed by atoms with Crippen LogP contribution in [0.2, 0.25) is 0 Å². The lowest BCUT2D eigenvalue weighted by atomic mass is 10.1. The minimum atomic E-state index is 0.509. The Kier molecular flexibility index (Phi) is 4.37. The zero-order chi connectivity index (χ0) is 11.3. The van der Waals surface area contributed by atoms with Gasteiger partial charge in [0.2, 0.25) is 0 Å². The molecule has 0 radical (unpaired) electrons. The third-order valence-electron chi connectivity index (χ3n) is 2.15. The predicted molar refractivity (Wildman–Crippen MR) is 62.1 cm³/mol. The molecule has 0 spiro atoms. The Morgan fingerprint density at radius 1 is 1.40 bits per heavy atom. The Morgan fingerprint density at radius 2 is 2.00 bits per heavy atom. The third kappa shape index (κ3) is 2.83. The van der Waals surface area contributed by atoms with Crippen molar-refractivity contribution in [2.75, 3.05) is 7.11 Å². The number of carbonyl (C=O) groups excluding carboxylic acids is 1. The van der Waals surface area contributed by atoms with E-state index in [2.05, 4.69) is 0 Å². The fourth-order valence-electron chi connectivity index (χ4n) is 1.21. The molecule has 0 atom stereocenters. The summed E-state index contributed by atoms with van der Waals surface area (Å²) in [5, 5.41) is 0.509. The molecular formula is C12H13ClO2. The lowest BCUT2D eigenvalue weighted by Gasteiger charge is -2.04. The third-order valence-corrected chi connectivity index (χ3v) is 2.61. The largest absolute Gasteiger partial charge is 0.497 e. The van der Waals surface area contributed by atoms with Gasteiger partial charge in [-0.15, -0.1) is 0 Å². The Labute approximate surface area is 94.5 Å². The highest BCUT2D eigenvalue weighted by molar-refractivity contribution is 6.50. The molecule has 15 heavy (non-hydrogen) atoms. The van der Waals surface area contributed by atoms with Gasteiger partial charge in [0.25, 0.3) is 0 Å². The van der Waals surface area contributed by atoms with Gasteiger partial charge in [-0.05, 0) is 36.2 Å². The second-order valence-corrected chi connectivity index (χ2v) is 3.42. The van der Waals surface area contributed by atoms with Crippen molar-refractivity contribution in [3.8, 4) is 5.75 Å². The Morgan fingerprint density at radius 3 is 2.40 bits per heavy atom. The number of ether oxygens (including phenoxy) is 1. The molecule has 2 nitrogen and oxygen atoms in total. The van der Waals surface area contributed by atoms with Gasteiger partial charge >= 0.3 is 0 Å². The summed E-state index contributed by atoms with van der Waals surface area (Å²) in [7, 11) is 1.61. The zero-order valence-electron chi connectivity index (χ0n) is 8.79. The van der Waals surface area contributed by atoms with Crippen molar-refractivity contribution in [1.29, 1.82) is 0 Å². The summed E-state index contributed by atoms with van der Waals surface area (Å²) in [5.74, 6) is 0.771. The molecule has 0 amide bonds. The normalized spacial score (nSPS) is 11.9. The fourth-order valence-corrected chi connectivity index (χ4v) is 1.52. The number of benzene rings is 1. The Hall–Kier alpha value is -1.28. The van der Waals surface area contributed by atoms with Crippen molar-refractivity contribution in [2.24, 2.45) is 0 Å². The summed E-state index contributed by atoms with van der Waals surface area (Å²) >= 11 is 6.08. The molecule has 0 aromatic heterocycles. The van der Waals surface area contributed by atoms with E-state index in [0.29, 0.717) is 17.0 Å². The zero-order valence-corrected chi connectivity index (χ0v) is 9.54. The lowest BCUT2D eigenvalue weighted by Crippen LogP contribution is -1.88. The first-order valence-corrected chi connectivity index (χ1v) is 5.09. The van der Waals surface area contributed by atoms with Crippen LogP contribution in [0.5, 0.6) is 5.75 Å². The maximum Gasteiger partial charge on any atom is 0.147 e. The van der Waals surface area contributed by atoms with Gasteiger partial charge in [-0.2, -0.15) is 0 Å². The fraction of sp³-hybridized carbons (Fsp3) is 0.250. The van der Waals surface area contributed by atoms with E-state index in [-0.39, 0.29) is 0 Å². The average molecular weight is 225 g/mol. The molecule has 3 heteroatoms. The summed E-state index contributed by atoms with van der Waals surface area (Å²) in [5.41, 5.74) is 1.45. The molecule has 1 aromatic carbocycles. The number of rotatable bonds is 4. The van der Waals surface area contributed by atoms with Crippen molar-refractivity contribution in [3.63, 3.8) is 0 Å². The molecule has 0 saturated heterocycles. The van der Waals surface area contributed by atoms with Crippen LogP contribution < -0.4 is 4.74 Å². The van der Waals surface area contributed by atoms with E-state index in [1.165, 1.54) is 0 Å². The maximum atomic E-state index is 10.7. The Balaban J connectivity index is 3.05. The molecule has 1 aromatic rings. The smallest absolute Gasteiger partial charge is 0.147 e. The van der Waals surface area contributed by atoms with Crippen molar-refractivity contribution < 1.29 is 9.53 Å². The van der Waals surface area contributed by atoms with Gasteiger partial charge in [-0.3, -0.25) is 4.79 Å². The minimum Gasteiger partial charge on any atom is -0.497 e. The van der Waals surface area contributed by atoms with E-state index in [1.54, 1.807) is 7.11 Å². The van der Waals surface area contributed by atoms with Crippen LogP contribution >= 0.6 is 11.6 Å². The van der Waals surface area contributed by atoms with Gasteiger partial charge in [0, 0.05) is 5.57 Å². The van der Waals surface area contributed by atoms with Crippen molar-refractivity contribution >= 4 is 22.9 Å². The van der Waals surface area contributed by atoms with Gasteiger partial charge in [0.1, 0.15) is 12.0 Å². The minimum absolute atomic E-state index is 0.509. The number of halogens is 1. The van der Waals surface area contributed by atoms with Crippen LogP contribution in [0.15, 0.2) is 29.8 Å². The molecule has 0 bridgehead atoms. The highest BCUT2D eigenvalue weighted by Crippen LogP contribution is 2.25. The quantitative estimate of drug-likeness (QED) is 0.580. The van der Waals surface area contributed by atoms with Crippen molar-refractivity contribution in [2.45, 2.75) is 13.3 Å². The number of aldehydes is 1. The van der Waals surface area contributed by atoms with Crippen LogP contribution in [-0.2, 0) is 4.79 Å².